The summed E-state index contributed by atoms with van der Waals surface area (Å²) in [4.78, 5) is 15.0. The molecule has 1 atom stereocenters. The molecular formula is C24H21N3O4S. The van der Waals surface area contributed by atoms with Crippen LogP contribution in [0.3, 0.4) is 0 Å². The predicted octanol–water partition coefficient (Wildman–Crippen LogP) is 4.11. The average molecular weight is 448 g/mol. The van der Waals surface area contributed by atoms with Gasteiger partial charge in [0.05, 0.1) is 5.69 Å². The average Bonchev–Trinajstić information content (AvgIpc) is 3.05. The van der Waals surface area contributed by atoms with Crippen molar-refractivity contribution in [2.75, 3.05) is 16.8 Å². The molecule has 1 unspecified atom stereocenters. The first-order valence-electron chi connectivity index (χ1n) is 10.3. The maximum atomic E-state index is 13.2. The molecule has 5 rings (SSSR count). The van der Waals surface area contributed by atoms with Crippen LogP contribution >= 0.6 is 0 Å². The van der Waals surface area contributed by atoms with E-state index in [0.717, 1.165) is 12.0 Å². The molecule has 3 aromatic carbocycles. The number of amides is 1. The minimum atomic E-state index is -3.71. The van der Waals surface area contributed by atoms with Crippen molar-refractivity contribution in [3.05, 3.63) is 83.4 Å². The number of hydrogen-bond donors (Lipinski definition) is 2. The Kier molecular flexibility index (Phi) is 4.74. The number of nitrogens with one attached hydrogen (secondary N) is 1. The summed E-state index contributed by atoms with van der Waals surface area (Å²) in [5.41, 5.74) is 3.13. The summed E-state index contributed by atoms with van der Waals surface area (Å²) in [6.07, 6.45) is 0.815. The topological polar surface area (TPSA) is 99.1 Å². The highest BCUT2D eigenvalue weighted by Crippen LogP contribution is 2.41. The molecule has 2 aliphatic heterocycles. The standard InChI is InChI=1S/C24H21N3O4S/c1-15-13-14-27(22-18(15)6-4-7-20(22)28)24(29)16-9-11-17(12-10-16)25-23-19-5-2-3-8-21(19)32(30,31)26-23/h2-12,15,28H,13-14H2,1H3,(H,25,26). The molecule has 8 heteroatoms. The lowest BCUT2D eigenvalue weighted by Crippen LogP contribution is -2.36. The first kappa shape index (κ1) is 20.3. The molecule has 2 aliphatic rings. The van der Waals surface area contributed by atoms with Crippen LogP contribution in [0.5, 0.6) is 5.75 Å². The van der Waals surface area contributed by atoms with Gasteiger partial charge in [-0.25, -0.2) is 0 Å². The van der Waals surface area contributed by atoms with Crippen LogP contribution < -0.4 is 10.2 Å². The van der Waals surface area contributed by atoms with Gasteiger partial charge in [0, 0.05) is 23.4 Å². The SMILES string of the molecule is CC1CCN(C(=O)c2ccc(NC3=NS(=O)(=O)c4ccccc43)cc2)c2c(O)cccc21. The molecule has 7 nitrogen and oxygen atoms in total. The maximum Gasteiger partial charge on any atom is 0.285 e. The Labute approximate surface area is 186 Å². The van der Waals surface area contributed by atoms with E-state index in [1.54, 1.807) is 59.5 Å². The van der Waals surface area contributed by atoms with E-state index in [2.05, 4.69) is 16.6 Å². The van der Waals surface area contributed by atoms with Gasteiger partial charge in [-0.15, -0.1) is 4.40 Å². The van der Waals surface area contributed by atoms with Crippen molar-refractivity contribution in [3.8, 4) is 5.75 Å². The molecule has 0 aliphatic carbocycles. The lowest BCUT2D eigenvalue weighted by atomic mass is 9.90. The lowest BCUT2D eigenvalue weighted by molar-refractivity contribution is 0.0983. The van der Waals surface area contributed by atoms with E-state index in [1.165, 1.54) is 6.07 Å². The second-order valence-electron chi connectivity index (χ2n) is 7.97. The predicted molar refractivity (Wildman–Crippen MR) is 123 cm³/mol. The Balaban J connectivity index is 1.40. The number of amidine groups is 1. The third kappa shape index (κ3) is 3.33. The van der Waals surface area contributed by atoms with Gasteiger partial charge in [0.2, 0.25) is 0 Å². The van der Waals surface area contributed by atoms with E-state index in [4.69, 9.17) is 0 Å². The highest BCUT2D eigenvalue weighted by molar-refractivity contribution is 7.90. The third-order valence-electron chi connectivity index (χ3n) is 5.90. The first-order valence-corrected chi connectivity index (χ1v) is 11.7. The second-order valence-corrected chi connectivity index (χ2v) is 9.55. The number of phenols is 1. The number of carbonyl (C=O) groups excluding carboxylic acids is 1. The number of anilines is 2. The normalized spacial score (nSPS) is 18.5. The van der Waals surface area contributed by atoms with E-state index in [1.807, 2.05) is 6.07 Å². The number of benzene rings is 3. The number of carbonyl (C=O) groups is 1. The second kappa shape index (κ2) is 7.49. The molecule has 0 spiro atoms. The van der Waals surface area contributed by atoms with Gasteiger partial charge in [-0.3, -0.25) is 4.79 Å². The van der Waals surface area contributed by atoms with Crippen molar-refractivity contribution in [1.82, 2.24) is 0 Å². The lowest BCUT2D eigenvalue weighted by Gasteiger charge is -2.33. The maximum absolute atomic E-state index is 13.2. The zero-order valence-electron chi connectivity index (χ0n) is 17.3. The number of para-hydroxylation sites is 1. The number of rotatable bonds is 2. The van der Waals surface area contributed by atoms with Crippen LogP contribution in [-0.2, 0) is 10.0 Å². The number of aromatic hydroxyl groups is 1. The van der Waals surface area contributed by atoms with Gasteiger partial charge >= 0.3 is 0 Å². The molecule has 162 valence electrons. The van der Waals surface area contributed by atoms with Crippen LogP contribution in [-0.4, -0.2) is 31.8 Å². The first-order chi connectivity index (χ1) is 15.3. The van der Waals surface area contributed by atoms with Gasteiger partial charge < -0.3 is 15.3 Å². The Bertz CT molecular complexity index is 1360. The van der Waals surface area contributed by atoms with Gasteiger partial charge in [-0.1, -0.05) is 31.2 Å². The molecule has 0 saturated carbocycles. The summed E-state index contributed by atoms with van der Waals surface area (Å²) in [6.45, 7) is 2.61. The third-order valence-corrected chi connectivity index (χ3v) is 7.24. The smallest absolute Gasteiger partial charge is 0.285 e. The van der Waals surface area contributed by atoms with E-state index < -0.39 is 10.0 Å². The molecular weight excluding hydrogens is 426 g/mol. The monoisotopic (exact) mass is 447 g/mol. The Morgan fingerprint density at radius 1 is 1.06 bits per heavy atom. The summed E-state index contributed by atoms with van der Waals surface area (Å²) in [5.74, 6) is 0.416. The Morgan fingerprint density at radius 2 is 1.81 bits per heavy atom. The van der Waals surface area contributed by atoms with Crippen LogP contribution in [0.25, 0.3) is 0 Å². The summed E-state index contributed by atoms with van der Waals surface area (Å²) < 4.78 is 28.3. The van der Waals surface area contributed by atoms with Crippen LogP contribution in [0, 0.1) is 0 Å². The van der Waals surface area contributed by atoms with Crippen molar-refractivity contribution < 1.29 is 18.3 Å². The number of hydrogen-bond acceptors (Lipinski definition) is 5. The van der Waals surface area contributed by atoms with Crippen molar-refractivity contribution in [2.24, 2.45) is 4.40 Å². The summed E-state index contributed by atoms with van der Waals surface area (Å²) >= 11 is 0. The molecule has 2 N–H and O–H groups in total. The summed E-state index contributed by atoms with van der Waals surface area (Å²) in [5, 5.41) is 13.4. The largest absolute Gasteiger partial charge is 0.506 e. The van der Waals surface area contributed by atoms with Crippen molar-refractivity contribution in [2.45, 2.75) is 24.2 Å². The number of fused-ring (bicyclic) bond motifs is 2. The summed E-state index contributed by atoms with van der Waals surface area (Å²) in [6, 6.07) is 18.8. The van der Waals surface area contributed by atoms with E-state index >= 15 is 0 Å². The fourth-order valence-corrected chi connectivity index (χ4v) is 5.39. The van der Waals surface area contributed by atoms with E-state index in [-0.39, 0.29) is 28.3 Å². The van der Waals surface area contributed by atoms with E-state index in [0.29, 0.717) is 29.0 Å². The van der Waals surface area contributed by atoms with Crippen LogP contribution in [0.15, 0.2) is 76.0 Å². The van der Waals surface area contributed by atoms with Crippen molar-refractivity contribution >= 4 is 33.1 Å². The van der Waals surface area contributed by atoms with Gasteiger partial charge in [0.15, 0.2) is 5.84 Å². The van der Waals surface area contributed by atoms with Crippen LogP contribution in [0.2, 0.25) is 0 Å². The highest BCUT2D eigenvalue weighted by Gasteiger charge is 2.30. The molecule has 3 aromatic rings. The Morgan fingerprint density at radius 3 is 2.59 bits per heavy atom. The minimum absolute atomic E-state index is 0.0970. The molecule has 0 fully saturated rings. The quantitative estimate of drug-likeness (QED) is 0.616. The number of nitrogens with zero attached hydrogens (tertiary/aromatic N) is 2. The number of sulfonamides is 1. The molecule has 0 bridgehead atoms. The molecule has 0 saturated heterocycles. The Hall–Kier alpha value is -3.65. The van der Waals surface area contributed by atoms with Gasteiger partial charge in [0.1, 0.15) is 10.6 Å². The van der Waals surface area contributed by atoms with Gasteiger partial charge in [-0.2, -0.15) is 8.42 Å². The van der Waals surface area contributed by atoms with Gasteiger partial charge in [-0.05, 0) is 60.4 Å². The minimum Gasteiger partial charge on any atom is -0.506 e. The fourth-order valence-electron chi connectivity index (χ4n) is 4.22. The molecule has 1 amide bonds. The number of phenolic OH excluding ortho intramolecular Hbond substituents is 1. The van der Waals surface area contributed by atoms with E-state index in [9.17, 15) is 18.3 Å². The van der Waals surface area contributed by atoms with Crippen LogP contribution in [0.1, 0.15) is 40.7 Å². The molecule has 0 radical (unpaired) electrons. The molecule has 2 heterocycles. The molecule has 32 heavy (non-hydrogen) atoms. The summed E-state index contributed by atoms with van der Waals surface area (Å²) in [7, 11) is -3.71. The van der Waals surface area contributed by atoms with Crippen LogP contribution in [0.4, 0.5) is 11.4 Å². The zero-order valence-corrected chi connectivity index (χ0v) is 18.1. The van der Waals surface area contributed by atoms with Crippen molar-refractivity contribution in [1.29, 1.82) is 0 Å². The fraction of sp³-hybridized carbons (Fsp3) is 0.167. The van der Waals surface area contributed by atoms with Crippen molar-refractivity contribution in [3.63, 3.8) is 0 Å². The zero-order chi connectivity index (χ0) is 22.5. The highest BCUT2D eigenvalue weighted by atomic mass is 32.2. The molecule has 0 aromatic heterocycles. The van der Waals surface area contributed by atoms with Gasteiger partial charge in [0.25, 0.3) is 15.9 Å².